The summed E-state index contributed by atoms with van der Waals surface area (Å²) in [6.45, 7) is 0. The van der Waals surface area contributed by atoms with Crippen LogP contribution in [-0.4, -0.2) is 26.0 Å². The van der Waals surface area contributed by atoms with Crippen molar-refractivity contribution in [1.29, 1.82) is 0 Å². The molecule has 1 aromatic heterocycles. The first-order valence-electron chi connectivity index (χ1n) is 3.37. The lowest BCUT2D eigenvalue weighted by atomic mass is 10.4. The normalized spacial score (nSPS) is 8.31. The van der Waals surface area contributed by atoms with Gasteiger partial charge in [-0.2, -0.15) is 0 Å². The molecule has 0 radical (unpaired) electrons. The first-order valence-corrected chi connectivity index (χ1v) is 5.83. The zero-order valence-electron chi connectivity index (χ0n) is 7.67. The van der Waals surface area contributed by atoms with Gasteiger partial charge in [0.05, 0.1) is 14.2 Å². The highest BCUT2D eigenvalue weighted by atomic mass is 79.9. The lowest BCUT2D eigenvalue weighted by molar-refractivity contribution is 0.0603. The fraction of sp³-hybridized carbons (Fsp3) is 0.375. The number of esters is 1. The maximum atomic E-state index is 11.0. The maximum Gasteiger partial charge on any atom is 0.351 e. The molecule has 0 bridgehead atoms. The largest absolute Gasteiger partial charge is 0.495 e. The van der Waals surface area contributed by atoms with Crippen molar-refractivity contribution in [3.05, 3.63) is 16.3 Å². The van der Waals surface area contributed by atoms with Crippen LogP contribution in [0.4, 0.5) is 0 Å². The third kappa shape index (κ3) is 3.36. The molecule has 0 aliphatic rings. The van der Waals surface area contributed by atoms with E-state index >= 15 is 0 Å². The number of carbonyl (C=O) groups is 1. The van der Waals surface area contributed by atoms with E-state index in [2.05, 4.69) is 20.7 Å². The Morgan fingerprint density at radius 2 is 2.08 bits per heavy atom. The second-order valence-corrected chi connectivity index (χ2v) is 2.73. The smallest absolute Gasteiger partial charge is 0.351 e. The van der Waals surface area contributed by atoms with Crippen molar-refractivity contribution >= 4 is 33.2 Å². The van der Waals surface area contributed by atoms with Crippen LogP contribution in [0.5, 0.6) is 5.75 Å². The number of thiophene rings is 1. The van der Waals surface area contributed by atoms with Crippen LogP contribution in [0, 0.1) is 0 Å². The molecule has 1 heterocycles. The maximum absolute atomic E-state index is 11.0. The van der Waals surface area contributed by atoms with Crippen molar-refractivity contribution in [1.82, 2.24) is 0 Å². The van der Waals surface area contributed by atoms with Gasteiger partial charge in [-0.25, -0.2) is 4.79 Å². The summed E-state index contributed by atoms with van der Waals surface area (Å²) in [6, 6.07) is 1.73. The number of alkyl halides is 1. The van der Waals surface area contributed by atoms with E-state index in [-0.39, 0.29) is 5.97 Å². The zero-order chi connectivity index (χ0) is 10.3. The molecule has 0 N–H and O–H groups in total. The molecule has 0 amide bonds. The quantitative estimate of drug-likeness (QED) is 0.610. The van der Waals surface area contributed by atoms with Gasteiger partial charge in [-0.1, -0.05) is 15.9 Å². The van der Waals surface area contributed by atoms with E-state index < -0.39 is 0 Å². The number of halogens is 1. The van der Waals surface area contributed by atoms with Gasteiger partial charge in [-0.05, 0) is 17.3 Å². The molecule has 1 rings (SSSR count). The third-order valence-corrected chi connectivity index (χ3v) is 2.10. The lowest BCUT2D eigenvalue weighted by Gasteiger charge is -1.98. The van der Waals surface area contributed by atoms with Gasteiger partial charge in [0.25, 0.3) is 0 Å². The Hall–Kier alpha value is -0.550. The van der Waals surface area contributed by atoms with Crippen molar-refractivity contribution in [3.8, 4) is 5.75 Å². The molecule has 3 nitrogen and oxygen atoms in total. The van der Waals surface area contributed by atoms with Crippen molar-refractivity contribution in [2.45, 2.75) is 0 Å². The lowest BCUT2D eigenvalue weighted by Crippen LogP contribution is -1.99. The van der Waals surface area contributed by atoms with Crippen molar-refractivity contribution in [3.63, 3.8) is 0 Å². The second-order valence-electron chi connectivity index (χ2n) is 1.81. The van der Waals surface area contributed by atoms with Crippen LogP contribution in [0.25, 0.3) is 0 Å². The van der Waals surface area contributed by atoms with Crippen LogP contribution in [0.3, 0.4) is 0 Å². The molecular weight excluding hydrogens is 256 g/mol. The molecule has 74 valence electrons. The molecule has 13 heavy (non-hydrogen) atoms. The average molecular weight is 267 g/mol. The van der Waals surface area contributed by atoms with Crippen LogP contribution < -0.4 is 4.74 Å². The van der Waals surface area contributed by atoms with Gasteiger partial charge in [-0.15, -0.1) is 11.3 Å². The molecule has 0 aliphatic carbocycles. The Balaban J connectivity index is 0.000000671. The summed E-state index contributed by atoms with van der Waals surface area (Å²) in [6.07, 6.45) is 0. The number of ether oxygens (including phenoxy) is 2. The minimum Gasteiger partial charge on any atom is -0.495 e. The molecular formula is C8H11BrO3S. The highest BCUT2D eigenvalue weighted by Gasteiger charge is 2.12. The first kappa shape index (κ1) is 12.4. The van der Waals surface area contributed by atoms with Gasteiger partial charge in [0, 0.05) is 0 Å². The number of carbonyl (C=O) groups excluding carboxylic acids is 1. The molecule has 0 unspecified atom stereocenters. The van der Waals surface area contributed by atoms with Gasteiger partial charge in [-0.3, -0.25) is 0 Å². The Kier molecular flexibility index (Phi) is 6.62. The molecule has 5 heteroatoms. The van der Waals surface area contributed by atoms with Crippen LogP contribution in [0.1, 0.15) is 9.67 Å². The molecule has 0 atom stereocenters. The highest BCUT2D eigenvalue weighted by Crippen LogP contribution is 2.24. The minimum absolute atomic E-state index is 0.350. The van der Waals surface area contributed by atoms with E-state index in [0.717, 1.165) is 0 Å². The first-order chi connectivity index (χ1) is 6.29. The van der Waals surface area contributed by atoms with Crippen molar-refractivity contribution < 1.29 is 14.3 Å². The standard InChI is InChI=1S/C7H8O3S.CH3Br/c1-9-5-3-4-11-6(5)7(8)10-2;1-2/h3-4H,1-2H3;1H3. The van der Waals surface area contributed by atoms with E-state index in [1.165, 1.54) is 25.6 Å². The Bertz CT molecular complexity index is 260. The molecule has 0 spiro atoms. The van der Waals surface area contributed by atoms with Gasteiger partial charge in [0.1, 0.15) is 5.75 Å². The number of hydrogen-bond donors (Lipinski definition) is 0. The van der Waals surface area contributed by atoms with Gasteiger partial charge >= 0.3 is 5.97 Å². The fourth-order valence-electron chi connectivity index (χ4n) is 0.700. The summed E-state index contributed by atoms with van der Waals surface area (Å²) in [4.78, 5) is 11.5. The van der Waals surface area contributed by atoms with E-state index in [9.17, 15) is 4.79 Å². The Morgan fingerprint density at radius 3 is 2.54 bits per heavy atom. The topological polar surface area (TPSA) is 35.5 Å². The number of rotatable bonds is 2. The summed E-state index contributed by atoms with van der Waals surface area (Å²) in [5.74, 6) is 2.03. The summed E-state index contributed by atoms with van der Waals surface area (Å²) < 4.78 is 9.45. The number of methoxy groups -OCH3 is 2. The second kappa shape index (κ2) is 6.91. The van der Waals surface area contributed by atoms with E-state index in [1.807, 2.05) is 5.83 Å². The van der Waals surface area contributed by atoms with E-state index in [0.29, 0.717) is 10.6 Å². The molecule has 0 saturated heterocycles. The summed E-state index contributed by atoms with van der Waals surface area (Å²) in [5, 5.41) is 1.78. The minimum atomic E-state index is -0.350. The summed E-state index contributed by atoms with van der Waals surface area (Å²) >= 11 is 4.24. The van der Waals surface area contributed by atoms with Crippen molar-refractivity contribution in [2.24, 2.45) is 0 Å². The summed E-state index contributed by atoms with van der Waals surface area (Å²) in [7, 11) is 2.87. The SMILES string of the molecule is CBr.COC(=O)c1sccc1OC. The Morgan fingerprint density at radius 1 is 1.46 bits per heavy atom. The van der Waals surface area contributed by atoms with Crippen LogP contribution in [-0.2, 0) is 4.74 Å². The fourth-order valence-corrected chi connectivity index (χ4v) is 1.47. The van der Waals surface area contributed by atoms with Crippen LogP contribution >= 0.6 is 27.3 Å². The Labute approximate surface area is 89.8 Å². The molecule has 0 saturated carbocycles. The summed E-state index contributed by atoms with van der Waals surface area (Å²) in [5.41, 5.74) is 0. The average Bonchev–Trinajstić information content (AvgIpc) is 2.67. The molecule has 0 aliphatic heterocycles. The zero-order valence-corrected chi connectivity index (χ0v) is 10.1. The van der Waals surface area contributed by atoms with Gasteiger partial charge in [0.2, 0.25) is 0 Å². The predicted octanol–water partition coefficient (Wildman–Crippen LogP) is 2.55. The van der Waals surface area contributed by atoms with Crippen LogP contribution in [0.15, 0.2) is 11.4 Å². The van der Waals surface area contributed by atoms with Gasteiger partial charge < -0.3 is 9.47 Å². The monoisotopic (exact) mass is 266 g/mol. The number of hydrogen-bond acceptors (Lipinski definition) is 4. The molecule has 0 aromatic carbocycles. The van der Waals surface area contributed by atoms with Crippen molar-refractivity contribution in [2.75, 3.05) is 20.1 Å². The van der Waals surface area contributed by atoms with Crippen LogP contribution in [0.2, 0.25) is 0 Å². The third-order valence-electron chi connectivity index (χ3n) is 1.22. The highest BCUT2D eigenvalue weighted by molar-refractivity contribution is 9.08. The van der Waals surface area contributed by atoms with Gasteiger partial charge in [0.15, 0.2) is 4.88 Å². The molecule has 0 fully saturated rings. The predicted molar refractivity (Wildman–Crippen MR) is 57.1 cm³/mol. The van der Waals surface area contributed by atoms with E-state index in [4.69, 9.17) is 4.74 Å². The van der Waals surface area contributed by atoms with E-state index in [1.54, 1.807) is 11.4 Å². The molecule has 1 aromatic rings.